The molecule has 2 rings (SSSR count). The molecule has 0 radical (unpaired) electrons. The molecule has 19 heavy (non-hydrogen) atoms. The Kier molecular flexibility index (Phi) is 3.51. The number of esters is 1. The van der Waals surface area contributed by atoms with Crippen molar-refractivity contribution in [2.75, 3.05) is 7.11 Å². The number of hydrogen-bond acceptors (Lipinski definition) is 5. The van der Waals surface area contributed by atoms with E-state index in [0.29, 0.717) is 22.0 Å². The van der Waals surface area contributed by atoms with E-state index < -0.39 is 18.2 Å². The highest BCUT2D eigenvalue weighted by Gasteiger charge is 2.19. The molecule has 1 aromatic heterocycles. The number of aliphatic hydroxyl groups excluding tert-OH is 2. The summed E-state index contributed by atoms with van der Waals surface area (Å²) in [5, 5.41) is 28.2. The van der Waals surface area contributed by atoms with Gasteiger partial charge in [0.25, 0.3) is 0 Å². The van der Waals surface area contributed by atoms with Gasteiger partial charge in [-0.2, -0.15) is 5.26 Å². The van der Waals surface area contributed by atoms with Gasteiger partial charge in [-0.15, -0.1) is 0 Å². The molecule has 0 saturated heterocycles. The number of nitrogens with zero attached hydrogens (tertiary/aromatic N) is 1. The Morgan fingerprint density at radius 2 is 2.21 bits per heavy atom. The van der Waals surface area contributed by atoms with Crippen LogP contribution < -0.4 is 0 Å². The molecule has 1 aromatic carbocycles. The molecular formula is C13H12N2O4. The normalized spacial score (nSPS) is 13.8. The molecule has 0 saturated carbocycles. The number of nitrogens with one attached hydrogen (secondary N) is 1. The van der Waals surface area contributed by atoms with E-state index in [1.807, 2.05) is 0 Å². The third-order valence-corrected chi connectivity index (χ3v) is 2.88. The summed E-state index contributed by atoms with van der Waals surface area (Å²) >= 11 is 0. The summed E-state index contributed by atoms with van der Waals surface area (Å²) < 4.78 is 4.65. The summed E-state index contributed by atoms with van der Waals surface area (Å²) in [6, 6.07) is 6.34. The third kappa shape index (κ3) is 2.29. The number of aliphatic hydroxyl groups is 2. The summed E-state index contributed by atoms with van der Waals surface area (Å²) in [4.78, 5) is 14.5. The molecule has 0 aliphatic carbocycles. The average Bonchev–Trinajstić information content (AvgIpc) is 2.87. The standard InChI is InChI=1S/C13H12N2O4/c1-19-13(18)9-6-15-10-3-2-7(4-8(9)10)12(17)11(16)5-14/h2-4,6,11-12,15-17H,1H3. The van der Waals surface area contributed by atoms with Gasteiger partial charge in [-0.25, -0.2) is 4.79 Å². The predicted molar refractivity (Wildman–Crippen MR) is 66.2 cm³/mol. The first-order valence-corrected chi connectivity index (χ1v) is 5.53. The highest BCUT2D eigenvalue weighted by Crippen LogP contribution is 2.25. The Morgan fingerprint density at radius 3 is 2.84 bits per heavy atom. The lowest BCUT2D eigenvalue weighted by atomic mass is 10.0. The third-order valence-electron chi connectivity index (χ3n) is 2.88. The van der Waals surface area contributed by atoms with Crippen molar-refractivity contribution in [3.8, 4) is 6.07 Å². The maximum atomic E-state index is 11.6. The second kappa shape index (κ2) is 5.10. The van der Waals surface area contributed by atoms with Crippen LogP contribution in [0.2, 0.25) is 0 Å². The van der Waals surface area contributed by atoms with Crippen LogP contribution in [0.1, 0.15) is 22.0 Å². The number of aromatic amines is 1. The van der Waals surface area contributed by atoms with Crippen LogP contribution in [0.4, 0.5) is 0 Å². The molecule has 2 atom stereocenters. The zero-order chi connectivity index (χ0) is 14.0. The van der Waals surface area contributed by atoms with E-state index in [0.717, 1.165) is 0 Å². The highest BCUT2D eigenvalue weighted by molar-refractivity contribution is 6.04. The number of rotatable bonds is 3. The van der Waals surface area contributed by atoms with E-state index in [-0.39, 0.29) is 0 Å². The number of methoxy groups -OCH3 is 1. The monoisotopic (exact) mass is 260 g/mol. The molecule has 0 aliphatic rings. The Bertz CT molecular complexity index is 656. The summed E-state index contributed by atoms with van der Waals surface area (Å²) in [5.74, 6) is -0.501. The van der Waals surface area contributed by atoms with E-state index in [4.69, 9.17) is 5.26 Å². The van der Waals surface area contributed by atoms with E-state index in [9.17, 15) is 15.0 Å². The van der Waals surface area contributed by atoms with Crippen molar-refractivity contribution in [3.05, 3.63) is 35.5 Å². The molecule has 6 heteroatoms. The van der Waals surface area contributed by atoms with Crippen LogP contribution in [0.25, 0.3) is 10.9 Å². The number of carbonyl (C=O) groups excluding carboxylic acids is 1. The molecule has 98 valence electrons. The predicted octanol–water partition coefficient (Wildman–Crippen LogP) is 0.872. The Labute approximate surface area is 108 Å². The number of hydrogen-bond donors (Lipinski definition) is 3. The highest BCUT2D eigenvalue weighted by atomic mass is 16.5. The molecule has 6 nitrogen and oxygen atoms in total. The van der Waals surface area contributed by atoms with E-state index >= 15 is 0 Å². The number of carbonyl (C=O) groups is 1. The maximum absolute atomic E-state index is 11.6. The fourth-order valence-corrected chi connectivity index (χ4v) is 1.85. The average molecular weight is 260 g/mol. The number of nitriles is 1. The summed E-state index contributed by atoms with van der Waals surface area (Å²) in [6.07, 6.45) is -1.33. The summed E-state index contributed by atoms with van der Waals surface area (Å²) in [7, 11) is 1.28. The zero-order valence-corrected chi connectivity index (χ0v) is 10.1. The lowest BCUT2D eigenvalue weighted by molar-refractivity contribution is 0.0528. The largest absolute Gasteiger partial charge is 0.465 e. The quantitative estimate of drug-likeness (QED) is 0.561. The number of aromatic nitrogens is 1. The van der Waals surface area contributed by atoms with Crippen LogP contribution in [-0.4, -0.2) is 34.4 Å². The molecular weight excluding hydrogens is 248 g/mol. The van der Waals surface area contributed by atoms with Crippen molar-refractivity contribution in [1.29, 1.82) is 5.26 Å². The summed E-state index contributed by atoms with van der Waals surface area (Å²) in [6.45, 7) is 0. The molecule has 0 aliphatic heterocycles. The lowest BCUT2D eigenvalue weighted by Crippen LogP contribution is -2.15. The zero-order valence-electron chi connectivity index (χ0n) is 10.1. The van der Waals surface area contributed by atoms with Crippen LogP contribution in [0, 0.1) is 11.3 Å². The van der Waals surface area contributed by atoms with Gasteiger partial charge < -0.3 is 19.9 Å². The van der Waals surface area contributed by atoms with Crippen molar-refractivity contribution in [2.24, 2.45) is 0 Å². The molecule has 1 heterocycles. The fraction of sp³-hybridized carbons (Fsp3) is 0.231. The van der Waals surface area contributed by atoms with Gasteiger partial charge in [-0.1, -0.05) is 6.07 Å². The minimum Gasteiger partial charge on any atom is -0.465 e. The van der Waals surface area contributed by atoms with Gasteiger partial charge in [0.15, 0.2) is 6.10 Å². The molecule has 2 aromatic rings. The second-order valence-corrected chi connectivity index (χ2v) is 4.02. The van der Waals surface area contributed by atoms with Crippen LogP contribution in [0.3, 0.4) is 0 Å². The van der Waals surface area contributed by atoms with Crippen molar-refractivity contribution in [3.63, 3.8) is 0 Å². The first-order valence-electron chi connectivity index (χ1n) is 5.53. The Hall–Kier alpha value is -2.36. The lowest BCUT2D eigenvalue weighted by Gasteiger charge is -2.12. The van der Waals surface area contributed by atoms with Gasteiger partial charge in [0.1, 0.15) is 6.10 Å². The van der Waals surface area contributed by atoms with Crippen LogP contribution in [0.15, 0.2) is 24.4 Å². The maximum Gasteiger partial charge on any atom is 0.340 e. The fourth-order valence-electron chi connectivity index (χ4n) is 1.85. The molecule has 0 fully saturated rings. The van der Waals surface area contributed by atoms with Gasteiger partial charge >= 0.3 is 5.97 Å². The minimum atomic E-state index is -1.52. The van der Waals surface area contributed by atoms with E-state index in [1.54, 1.807) is 24.3 Å². The Morgan fingerprint density at radius 1 is 1.47 bits per heavy atom. The van der Waals surface area contributed by atoms with Crippen molar-refractivity contribution in [1.82, 2.24) is 4.98 Å². The smallest absolute Gasteiger partial charge is 0.340 e. The molecule has 0 bridgehead atoms. The van der Waals surface area contributed by atoms with Crippen molar-refractivity contribution in [2.45, 2.75) is 12.2 Å². The molecule has 0 spiro atoms. The first-order chi connectivity index (χ1) is 9.08. The van der Waals surface area contributed by atoms with E-state index in [1.165, 1.54) is 13.3 Å². The second-order valence-electron chi connectivity index (χ2n) is 4.02. The van der Waals surface area contributed by atoms with Gasteiger partial charge in [0, 0.05) is 17.1 Å². The molecule has 2 unspecified atom stereocenters. The van der Waals surface area contributed by atoms with Crippen LogP contribution in [-0.2, 0) is 4.74 Å². The molecule has 3 N–H and O–H groups in total. The minimum absolute atomic E-state index is 0.331. The van der Waals surface area contributed by atoms with Crippen molar-refractivity contribution < 1.29 is 19.7 Å². The van der Waals surface area contributed by atoms with Crippen LogP contribution in [0.5, 0.6) is 0 Å². The van der Waals surface area contributed by atoms with Gasteiger partial charge in [-0.3, -0.25) is 0 Å². The number of benzene rings is 1. The number of H-pyrrole nitrogens is 1. The van der Waals surface area contributed by atoms with Crippen molar-refractivity contribution >= 4 is 16.9 Å². The van der Waals surface area contributed by atoms with Gasteiger partial charge in [0.2, 0.25) is 0 Å². The van der Waals surface area contributed by atoms with E-state index in [2.05, 4.69) is 9.72 Å². The number of ether oxygens (including phenoxy) is 1. The Balaban J connectivity index is 2.50. The summed E-state index contributed by atoms with van der Waals surface area (Å²) in [5.41, 5.74) is 1.38. The SMILES string of the molecule is COC(=O)c1c[nH]c2ccc(C(O)C(O)C#N)cc12. The van der Waals surface area contributed by atoms with Gasteiger partial charge in [-0.05, 0) is 17.7 Å². The first kappa shape index (κ1) is 13.1. The topological polar surface area (TPSA) is 106 Å². The van der Waals surface area contributed by atoms with Gasteiger partial charge in [0.05, 0.1) is 18.7 Å². The van der Waals surface area contributed by atoms with Crippen LogP contribution >= 0.6 is 0 Å². The number of fused-ring (bicyclic) bond motifs is 1. The molecule has 0 amide bonds.